The standard InChI is InChI=1S/C17H24FN3O3S/c1-12-10-14-16(24-17(4-5-17)11-19-25(14)22)20-15(12)23-9-8-21-6-2-13(18)3-7-21/h10,13,19H,2-9,11H2,1H3. The predicted molar refractivity (Wildman–Crippen MR) is 92.0 cm³/mol. The van der Waals surface area contributed by atoms with Crippen molar-refractivity contribution in [3.63, 3.8) is 0 Å². The molecule has 1 atom stereocenters. The van der Waals surface area contributed by atoms with Gasteiger partial charge in [0, 0.05) is 31.7 Å². The van der Waals surface area contributed by atoms with E-state index < -0.39 is 17.2 Å². The van der Waals surface area contributed by atoms with E-state index in [4.69, 9.17) is 9.47 Å². The zero-order valence-corrected chi connectivity index (χ0v) is 15.2. The van der Waals surface area contributed by atoms with Crippen LogP contribution in [0.1, 0.15) is 31.2 Å². The molecule has 1 saturated carbocycles. The molecule has 1 N–H and O–H groups in total. The van der Waals surface area contributed by atoms with Gasteiger partial charge in [-0.05, 0) is 38.7 Å². The highest BCUT2D eigenvalue weighted by molar-refractivity contribution is 7.83. The number of hydrogen-bond donors (Lipinski definition) is 1. The van der Waals surface area contributed by atoms with Crippen molar-refractivity contribution in [1.82, 2.24) is 14.6 Å². The van der Waals surface area contributed by atoms with Gasteiger partial charge >= 0.3 is 0 Å². The third-order valence-corrected chi connectivity index (χ3v) is 6.21. The van der Waals surface area contributed by atoms with Crippen molar-refractivity contribution in [2.75, 3.05) is 32.8 Å². The van der Waals surface area contributed by atoms with Gasteiger partial charge in [-0.15, -0.1) is 0 Å². The van der Waals surface area contributed by atoms with Crippen molar-refractivity contribution in [1.29, 1.82) is 0 Å². The normalized spacial score (nSPS) is 25.9. The van der Waals surface area contributed by atoms with Crippen LogP contribution in [0, 0.1) is 6.92 Å². The topological polar surface area (TPSA) is 63.7 Å². The van der Waals surface area contributed by atoms with E-state index in [1.165, 1.54) is 0 Å². The second kappa shape index (κ2) is 6.81. The Morgan fingerprint density at radius 2 is 2.24 bits per heavy atom. The van der Waals surface area contributed by atoms with E-state index in [0.717, 1.165) is 38.0 Å². The molecule has 4 rings (SSSR count). The molecule has 3 heterocycles. The molecule has 1 saturated heterocycles. The predicted octanol–water partition coefficient (Wildman–Crippen LogP) is 1.74. The second-order valence-electron chi connectivity index (χ2n) is 7.15. The van der Waals surface area contributed by atoms with E-state index >= 15 is 0 Å². The van der Waals surface area contributed by atoms with Gasteiger partial charge < -0.3 is 9.47 Å². The van der Waals surface area contributed by atoms with Gasteiger partial charge in [0.05, 0.1) is 0 Å². The van der Waals surface area contributed by atoms with Crippen LogP contribution < -0.4 is 14.2 Å². The van der Waals surface area contributed by atoms with Crippen LogP contribution in [0.25, 0.3) is 0 Å². The van der Waals surface area contributed by atoms with Crippen molar-refractivity contribution in [2.45, 2.75) is 49.3 Å². The minimum atomic E-state index is -1.31. The zero-order valence-electron chi connectivity index (χ0n) is 14.4. The van der Waals surface area contributed by atoms with Crippen LogP contribution >= 0.6 is 0 Å². The van der Waals surface area contributed by atoms with Crippen LogP contribution in [-0.2, 0) is 11.0 Å². The smallest absolute Gasteiger partial charge is 0.235 e. The minimum absolute atomic E-state index is 0.253. The summed E-state index contributed by atoms with van der Waals surface area (Å²) in [6.45, 7) is 5.27. The van der Waals surface area contributed by atoms with E-state index in [1.54, 1.807) is 0 Å². The van der Waals surface area contributed by atoms with E-state index in [9.17, 15) is 8.60 Å². The highest BCUT2D eigenvalue weighted by Gasteiger charge is 2.48. The van der Waals surface area contributed by atoms with E-state index in [-0.39, 0.29) is 5.60 Å². The van der Waals surface area contributed by atoms with Crippen LogP contribution in [-0.4, -0.2) is 58.7 Å². The Morgan fingerprint density at radius 3 is 2.96 bits per heavy atom. The Bertz CT molecular complexity index is 675. The fourth-order valence-corrected chi connectivity index (χ4v) is 4.32. The summed E-state index contributed by atoms with van der Waals surface area (Å²) in [5.74, 6) is 0.938. The Balaban J connectivity index is 1.42. The number of alkyl halides is 1. The number of nitrogens with one attached hydrogen (secondary N) is 1. The Hall–Kier alpha value is -1.25. The fraction of sp³-hybridized carbons (Fsp3) is 0.706. The first-order chi connectivity index (χ1) is 12.0. The molecule has 1 aromatic rings. The van der Waals surface area contributed by atoms with Gasteiger partial charge in [-0.2, -0.15) is 4.98 Å². The molecular weight excluding hydrogens is 345 g/mol. The summed E-state index contributed by atoms with van der Waals surface area (Å²) < 4.78 is 40.4. The summed E-state index contributed by atoms with van der Waals surface area (Å²) in [4.78, 5) is 7.29. The largest absolute Gasteiger partial charge is 0.476 e. The third kappa shape index (κ3) is 3.80. The number of likely N-dealkylation sites (tertiary alicyclic amines) is 1. The van der Waals surface area contributed by atoms with Crippen molar-refractivity contribution in [3.8, 4) is 11.8 Å². The minimum Gasteiger partial charge on any atom is -0.476 e. The quantitative estimate of drug-likeness (QED) is 0.876. The van der Waals surface area contributed by atoms with Gasteiger partial charge in [0.1, 0.15) is 34.3 Å². The molecule has 25 heavy (non-hydrogen) atoms. The summed E-state index contributed by atoms with van der Waals surface area (Å²) in [6.07, 6.45) is 2.45. The molecule has 2 fully saturated rings. The number of halogens is 1. The molecule has 1 aliphatic carbocycles. The summed E-state index contributed by atoms with van der Waals surface area (Å²) in [7, 11) is -1.31. The maximum atomic E-state index is 13.2. The van der Waals surface area contributed by atoms with Crippen LogP contribution in [0.3, 0.4) is 0 Å². The average molecular weight is 369 g/mol. The molecule has 138 valence electrons. The van der Waals surface area contributed by atoms with Gasteiger partial charge in [-0.3, -0.25) is 4.90 Å². The van der Waals surface area contributed by atoms with Gasteiger partial charge in [0.25, 0.3) is 0 Å². The number of ether oxygens (including phenoxy) is 2. The van der Waals surface area contributed by atoms with Crippen molar-refractivity contribution in [2.24, 2.45) is 0 Å². The van der Waals surface area contributed by atoms with E-state index in [0.29, 0.717) is 42.6 Å². The Morgan fingerprint density at radius 1 is 1.48 bits per heavy atom. The van der Waals surface area contributed by atoms with Crippen molar-refractivity contribution in [3.05, 3.63) is 11.6 Å². The molecule has 0 bridgehead atoms. The van der Waals surface area contributed by atoms with Gasteiger partial charge in [-0.25, -0.2) is 13.3 Å². The Kier molecular flexibility index (Phi) is 4.68. The molecule has 2 aliphatic heterocycles. The molecule has 1 unspecified atom stereocenters. The van der Waals surface area contributed by atoms with Crippen molar-refractivity contribution < 1.29 is 18.1 Å². The SMILES string of the molecule is Cc1cc2c(nc1OCCN1CCC(F)CC1)OC1(CC1)CNS2=O. The molecule has 0 radical (unpaired) electrons. The van der Waals surface area contributed by atoms with E-state index in [1.807, 2.05) is 13.0 Å². The van der Waals surface area contributed by atoms with Crippen LogP contribution in [0.5, 0.6) is 11.8 Å². The molecular formula is C17H24FN3O3S. The summed E-state index contributed by atoms with van der Waals surface area (Å²) in [6, 6.07) is 1.83. The highest BCUT2D eigenvalue weighted by atomic mass is 32.2. The van der Waals surface area contributed by atoms with Crippen LogP contribution in [0.2, 0.25) is 0 Å². The molecule has 1 spiro atoms. The van der Waals surface area contributed by atoms with Gasteiger partial charge in [0.15, 0.2) is 0 Å². The van der Waals surface area contributed by atoms with Crippen LogP contribution in [0.15, 0.2) is 11.0 Å². The maximum Gasteiger partial charge on any atom is 0.235 e. The monoisotopic (exact) mass is 369 g/mol. The number of pyridine rings is 1. The van der Waals surface area contributed by atoms with Crippen LogP contribution in [0.4, 0.5) is 4.39 Å². The summed E-state index contributed by atoms with van der Waals surface area (Å²) in [5.41, 5.74) is 0.587. The lowest BCUT2D eigenvalue weighted by Gasteiger charge is -2.28. The lowest BCUT2D eigenvalue weighted by molar-refractivity contribution is 0.129. The number of rotatable bonds is 4. The Labute approximate surface area is 149 Å². The number of hydrogen-bond acceptors (Lipinski definition) is 5. The molecule has 1 aromatic heterocycles. The first kappa shape index (κ1) is 17.2. The fourth-order valence-electron chi connectivity index (χ4n) is 3.24. The molecule has 0 amide bonds. The number of aromatic nitrogens is 1. The highest BCUT2D eigenvalue weighted by Crippen LogP contribution is 2.43. The number of aryl methyl sites for hydroxylation is 1. The summed E-state index contributed by atoms with van der Waals surface area (Å²) >= 11 is 0. The number of nitrogens with zero attached hydrogens (tertiary/aromatic N) is 2. The maximum absolute atomic E-state index is 13.2. The molecule has 3 aliphatic rings. The zero-order chi connectivity index (χ0) is 17.4. The van der Waals surface area contributed by atoms with Gasteiger partial charge in [0.2, 0.25) is 11.8 Å². The van der Waals surface area contributed by atoms with Crippen molar-refractivity contribution >= 4 is 11.0 Å². The summed E-state index contributed by atoms with van der Waals surface area (Å²) in [5, 5.41) is 0. The number of fused-ring (bicyclic) bond motifs is 1. The number of piperidine rings is 1. The first-order valence-electron chi connectivity index (χ1n) is 8.90. The lowest BCUT2D eigenvalue weighted by Crippen LogP contribution is -2.37. The third-order valence-electron chi connectivity index (χ3n) is 5.11. The average Bonchev–Trinajstić information content (AvgIpc) is 3.38. The molecule has 6 nitrogen and oxygen atoms in total. The van der Waals surface area contributed by atoms with E-state index in [2.05, 4.69) is 14.6 Å². The first-order valence-corrected chi connectivity index (χ1v) is 10.0. The lowest BCUT2D eigenvalue weighted by atomic mass is 10.1. The molecule has 8 heteroatoms. The molecule has 0 aromatic carbocycles. The second-order valence-corrected chi connectivity index (χ2v) is 8.42. The van der Waals surface area contributed by atoms with Gasteiger partial charge in [-0.1, -0.05) is 0 Å².